The third kappa shape index (κ3) is 2.75. The van der Waals surface area contributed by atoms with Crippen molar-refractivity contribution in [2.24, 2.45) is 5.92 Å². The second-order valence-corrected chi connectivity index (χ2v) is 6.71. The van der Waals surface area contributed by atoms with Crippen molar-refractivity contribution >= 4 is 0 Å². The van der Waals surface area contributed by atoms with Gasteiger partial charge in [0.25, 0.3) is 0 Å². The lowest BCUT2D eigenvalue weighted by atomic mass is 9.79. The Hall–Kier alpha value is -0.930. The normalized spacial score (nSPS) is 33.1. The molecule has 0 heterocycles. The van der Waals surface area contributed by atoms with E-state index in [1.54, 1.807) is 6.07 Å². The predicted octanol–water partition coefficient (Wildman–Crippen LogP) is 3.34. The van der Waals surface area contributed by atoms with E-state index in [9.17, 15) is 9.50 Å². The number of nitrogens with one attached hydrogen (secondary N) is 1. The summed E-state index contributed by atoms with van der Waals surface area (Å²) in [6, 6.07) is 5.53. The molecule has 2 aliphatic carbocycles. The van der Waals surface area contributed by atoms with Gasteiger partial charge >= 0.3 is 0 Å². The van der Waals surface area contributed by atoms with Crippen molar-refractivity contribution in [2.75, 3.05) is 6.54 Å². The molecule has 2 aliphatic rings. The molecule has 0 spiro atoms. The lowest BCUT2D eigenvalue weighted by Crippen LogP contribution is -2.44. The van der Waals surface area contributed by atoms with Crippen molar-refractivity contribution in [3.05, 3.63) is 35.1 Å². The largest absolute Gasteiger partial charge is 0.389 e. The summed E-state index contributed by atoms with van der Waals surface area (Å²) in [7, 11) is 0. The molecule has 3 atom stereocenters. The molecular formula is C17H24FNO. The molecule has 0 radical (unpaired) electrons. The van der Waals surface area contributed by atoms with Gasteiger partial charge in [-0.1, -0.05) is 31.9 Å². The number of hydrogen-bond donors (Lipinski definition) is 2. The van der Waals surface area contributed by atoms with Gasteiger partial charge in [0, 0.05) is 12.6 Å². The zero-order valence-electron chi connectivity index (χ0n) is 12.2. The average molecular weight is 277 g/mol. The molecule has 1 aromatic rings. The molecule has 0 saturated heterocycles. The fourth-order valence-electron chi connectivity index (χ4n) is 3.93. The Kier molecular flexibility index (Phi) is 3.83. The highest BCUT2D eigenvalue weighted by Crippen LogP contribution is 2.35. The van der Waals surface area contributed by atoms with E-state index in [0.717, 1.165) is 43.2 Å². The Bertz CT molecular complexity index is 490. The zero-order valence-corrected chi connectivity index (χ0v) is 12.2. The lowest BCUT2D eigenvalue weighted by molar-refractivity contribution is -0.0137. The number of halogens is 1. The summed E-state index contributed by atoms with van der Waals surface area (Å²) in [5.41, 5.74) is 1.36. The van der Waals surface area contributed by atoms with E-state index in [1.165, 1.54) is 12.5 Å². The molecule has 1 saturated carbocycles. The number of rotatable bonds is 3. The van der Waals surface area contributed by atoms with Crippen LogP contribution in [0, 0.1) is 11.7 Å². The molecule has 0 amide bonds. The SMILES string of the molecule is CC1CCCC(O)(CNC2CCc3c(F)cccc32)C1. The van der Waals surface area contributed by atoms with Crippen molar-refractivity contribution in [2.45, 2.75) is 57.1 Å². The van der Waals surface area contributed by atoms with Crippen molar-refractivity contribution in [3.63, 3.8) is 0 Å². The molecule has 2 N–H and O–H groups in total. The van der Waals surface area contributed by atoms with Crippen molar-refractivity contribution < 1.29 is 9.50 Å². The van der Waals surface area contributed by atoms with E-state index < -0.39 is 5.60 Å². The maximum Gasteiger partial charge on any atom is 0.126 e. The van der Waals surface area contributed by atoms with Crippen LogP contribution >= 0.6 is 0 Å². The lowest BCUT2D eigenvalue weighted by Gasteiger charge is -2.36. The molecule has 2 nitrogen and oxygen atoms in total. The Balaban J connectivity index is 1.65. The zero-order chi connectivity index (χ0) is 14.2. The van der Waals surface area contributed by atoms with Gasteiger partial charge in [0.15, 0.2) is 0 Å². The topological polar surface area (TPSA) is 32.3 Å². The second kappa shape index (κ2) is 5.45. The fraction of sp³-hybridized carbons (Fsp3) is 0.647. The number of aliphatic hydroxyl groups is 1. The van der Waals surface area contributed by atoms with Crippen molar-refractivity contribution in [3.8, 4) is 0 Å². The summed E-state index contributed by atoms with van der Waals surface area (Å²) in [6.07, 6.45) is 5.82. The average Bonchev–Trinajstić information content (AvgIpc) is 2.81. The summed E-state index contributed by atoms with van der Waals surface area (Å²) < 4.78 is 13.7. The number of hydrogen-bond acceptors (Lipinski definition) is 2. The van der Waals surface area contributed by atoms with Crippen LogP contribution in [0.3, 0.4) is 0 Å². The van der Waals surface area contributed by atoms with Gasteiger partial charge in [-0.05, 0) is 48.8 Å². The summed E-state index contributed by atoms with van der Waals surface area (Å²) in [6.45, 7) is 2.84. The van der Waals surface area contributed by atoms with Crippen molar-refractivity contribution in [1.29, 1.82) is 0 Å². The molecule has 1 fully saturated rings. The fourth-order valence-corrected chi connectivity index (χ4v) is 3.93. The van der Waals surface area contributed by atoms with Crippen LogP contribution in [0.5, 0.6) is 0 Å². The van der Waals surface area contributed by atoms with Gasteiger partial charge in [0.2, 0.25) is 0 Å². The smallest absolute Gasteiger partial charge is 0.126 e. The first kappa shape index (κ1) is 14.0. The standard InChI is InChI=1S/C17H24FNO/c1-12-4-3-9-17(20,10-12)11-19-16-8-7-13-14(16)5-2-6-15(13)18/h2,5-6,12,16,19-20H,3-4,7-11H2,1H3. The molecule has 0 aliphatic heterocycles. The van der Waals surface area contributed by atoms with Crippen molar-refractivity contribution in [1.82, 2.24) is 5.32 Å². The first-order valence-corrected chi connectivity index (χ1v) is 7.80. The third-order valence-electron chi connectivity index (χ3n) is 4.96. The Morgan fingerprint density at radius 1 is 1.40 bits per heavy atom. The highest BCUT2D eigenvalue weighted by molar-refractivity contribution is 5.35. The van der Waals surface area contributed by atoms with Crippen LogP contribution < -0.4 is 5.32 Å². The third-order valence-corrected chi connectivity index (χ3v) is 4.96. The molecular weight excluding hydrogens is 253 g/mol. The van der Waals surface area contributed by atoms with Crippen LogP contribution in [0.25, 0.3) is 0 Å². The van der Waals surface area contributed by atoms with Gasteiger partial charge in [-0.3, -0.25) is 0 Å². The van der Waals surface area contributed by atoms with Crippen LogP contribution in [-0.4, -0.2) is 17.3 Å². The molecule has 1 aromatic carbocycles. The molecule has 110 valence electrons. The minimum Gasteiger partial charge on any atom is -0.389 e. The van der Waals surface area contributed by atoms with Gasteiger partial charge in [-0.2, -0.15) is 0 Å². The van der Waals surface area contributed by atoms with Gasteiger partial charge in [0.05, 0.1) is 5.60 Å². The summed E-state index contributed by atoms with van der Waals surface area (Å²) in [5.74, 6) is 0.514. The summed E-state index contributed by atoms with van der Waals surface area (Å²) in [4.78, 5) is 0. The van der Waals surface area contributed by atoms with Crippen LogP contribution in [0.4, 0.5) is 4.39 Å². The van der Waals surface area contributed by atoms with Gasteiger partial charge in [-0.25, -0.2) is 4.39 Å². The quantitative estimate of drug-likeness (QED) is 0.888. The Labute approximate surface area is 120 Å². The molecule has 3 rings (SSSR count). The highest BCUT2D eigenvalue weighted by Gasteiger charge is 2.34. The molecule has 0 aromatic heterocycles. The van der Waals surface area contributed by atoms with Gasteiger partial charge in [-0.15, -0.1) is 0 Å². The highest BCUT2D eigenvalue weighted by atomic mass is 19.1. The summed E-state index contributed by atoms with van der Waals surface area (Å²) in [5, 5.41) is 14.1. The Morgan fingerprint density at radius 3 is 3.05 bits per heavy atom. The van der Waals surface area contributed by atoms with Crippen LogP contribution in [0.1, 0.15) is 56.2 Å². The predicted molar refractivity (Wildman–Crippen MR) is 78.0 cm³/mol. The van der Waals surface area contributed by atoms with Crippen LogP contribution in [0.2, 0.25) is 0 Å². The van der Waals surface area contributed by atoms with E-state index in [0.29, 0.717) is 12.5 Å². The molecule has 0 bridgehead atoms. The molecule has 20 heavy (non-hydrogen) atoms. The Morgan fingerprint density at radius 2 is 2.25 bits per heavy atom. The first-order valence-electron chi connectivity index (χ1n) is 7.80. The van der Waals surface area contributed by atoms with E-state index in [2.05, 4.69) is 12.2 Å². The molecule has 3 unspecified atom stereocenters. The minimum atomic E-state index is -0.576. The first-order chi connectivity index (χ1) is 9.57. The van der Waals surface area contributed by atoms with Crippen LogP contribution in [0.15, 0.2) is 18.2 Å². The van der Waals surface area contributed by atoms with E-state index >= 15 is 0 Å². The van der Waals surface area contributed by atoms with E-state index in [1.807, 2.05) is 6.07 Å². The summed E-state index contributed by atoms with van der Waals surface area (Å²) >= 11 is 0. The number of benzene rings is 1. The number of fused-ring (bicyclic) bond motifs is 1. The second-order valence-electron chi connectivity index (χ2n) is 6.71. The maximum absolute atomic E-state index is 13.7. The van der Waals surface area contributed by atoms with Gasteiger partial charge < -0.3 is 10.4 Å². The minimum absolute atomic E-state index is 0.0863. The van der Waals surface area contributed by atoms with Gasteiger partial charge in [0.1, 0.15) is 5.82 Å². The van der Waals surface area contributed by atoms with E-state index in [-0.39, 0.29) is 11.9 Å². The molecule has 3 heteroatoms. The monoisotopic (exact) mass is 277 g/mol. The van der Waals surface area contributed by atoms with Crippen LogP contribution in [-0.2, 0) is 6.42 Å². The maximum atomic E-state index is 13.7. The van der Waals surface area contributed by atoms with E-state index in [4.69, 9.17) is 0 Å².